The number of hydrogen-bond donors (Lipinski definition) is 0. The lowest BCUT2D eigenvalue weighted by atomic mass is 10.2. The molecule has 1 aliphatic rings. The average molecular weight is 402 g/mol. The Hall–Kier alpha value is -2.96. The number of ether oxygens (including phenoxy) is 1. The summed E-state index contributed by atoms with van der Waals surface area (Å²) in [7, 11) is 0. The molecule has 7 heteroatoms. The predicted molar refractivity (Wildman–Crippen MR) is 105 cm³/mol. The first-order chi connectivity index (χ1) is 14.0. The van der Waals surface area contributed by atoms with Gasteiger partial charge in [0, 0.05) is 32.6 Å². The Morgan fingerprint density at radius 2 is 1.59 bits per heavy atom. The summed E-state index contributed by atoms with van der Waals surface area (Å²) in [6.45, 7) is 2.23. The molecular weight excluding hydrogens is 378 g/mol. The molecule has 0 saturated carbocycles. The van der Waals surface area contributed by atoms with Gasteiger partial charge in [0.25, 0.3) is 5.91 Å². The summed E-state index contributed by atoms with van der Waals surface area (Å²) in [6, 6.07) is 11.7. The van der Waals surface area contributed by atoms with Crippen molar-refractivity contribution in [1.29, 1.82) is 0 Å². The number of nitrogens with zero attached hydrogens (tertiary/aromatic N) is 2. The Labute approximate surface area is 168 Å². The molecule has 5 nitrogen and oxygen atoms in total. The second kappa shape index (κ2) is 10.0. The fourth-order valence-electron chi connectivity index (χ4n) is 3.28. The monoisotopic (exact) mass is 402 g/mol. The van der Waals surface area contributed by atoms with Gasteiger partial charge < -0.3 is 14.5 Å². The summed E-state index contributed by atoms with van der Waals surface area (Å²) >= 11 is 0. The average Bonchev–Trinajstić information content (AvgIpc) is 2.98. The molecule has 0 atom stereocenters. The topological polar surface area (TPSA) is 49.9 Å². The third-order valence-corrected chi connectivity index (χ3v) is 4.86. The minimum atomic E-state index is -0.532. The molecule has 2 aromatic rings. The lowest BCUT2D eigenvalue weighted by Gasteiger charge is -2.22. The molecule has 0 unspecified atom stereocenters. The molecule has 29 heavy (non-hydrogen) atoms. The van der Waals surface area contributed by atoms with Gasteiger partial charge in [0.2, 0.25) is 5.91 Å². The molecule has 0 bridgehead atoms. The van der Waals surface area contributed by atoms with Gasteiger partial charge in [-0.05, 0) is 49.2 Å². The maximum absolute atomic E-state index is 13.9. The molecule has 0 aliphatic carbocycles. The van der Waals surface area contributed by atoms with Crippen LogP contribution in [0.25, 0.3) is 0 Å². The smallest absolute Gasteiger partial charge is 0.256 e. The summed E-state index contributed by atoms with van der Waals surface area (Å²) in [5.74, 6) is -0.624. The number of carbonyl (C=O) groups excluding carboxylic acids is 2. The molecule has 1 fully saturated rings. The fraction of sp³-hybridized carbons (Fsp3) is 0.364. The van der Waals surface area contributed by atoms with Crippen LogP contribution in [0.5, 0.6) is 5.75 Å². The summed E-state index contributed by atoms with van der Waals surface area (Å²) < 4.78 is 32.2. The van der Waals surface area contributed by atoms with Gasteiger partial charge >= 0.3 is 0 Å². The molecule has 2 aromatic carbocycles. The Bertz CT molecular complexity index is 842. The number of benzene rings is 2. The third kappa shape index (κ3) is 5.76. The number of carbonyl (C=O) groups is 2. The van der Waals surface area contributed by atoms with Crippen LogP contribution in [0, 0.1) is 11.6 Å². The van der Waals surface area contributed by atoms with E-state index in [2.05, 4.69) is 0 Å². The van der Waals surface area contributed by atoms with E-state index in [4.69, 9.17) is 4.74 Å². The quantitative estimate of drug-likeness (QED) is 0.695. The molecule has 154 valence electrons. The number of halogens is 2. The molecular formula is C22H24F2N2O3. The van der Waals surface area contributed by atoms with Crippen molar-refractivity contribution >= 4 is 11.8 Å². The van der Waals surface area contributed by atoms with Gasteiger partial charge in [-0.3, -0.25) is 9.59 Å². The van der Waals surface area contributed by atoms with Gasteiger partial charge in [0.1, 0.15) is 17.4 Å². The van der Waals surface area contributed by atoms with Crippen molar-refractivity contribution in [2.75, 3.05) is 32.8 Å². The second-order valence-electron chi connectivity index (χ2n) is 6.91. The Morgan fingerprint density at radius 3 is 2.34 bits per heavy atom. The van der Waals surface area contributed by atoms with Crippen molar-refractivity contribution in [2.45, 2.75) is 19.3 Å². The van der Waals surface area contributed by atoms with Crippen LogP contribution < -0.4 is 4.74 Å². The Balaban J connectivity index is 1.43. The SMILES string of the molecule is O=C(CCCOc1ccc(F)cc1)N1CCCN(C(=O)c2ccccc2F)CC1. The van der Waals surface area contributed by atoms with Gasteiger partial charge in [0.15, 0.2) is 0 Å². The van der Waals surface area contributed by atoms with Crippen LogP contribution in [0.15, 0.2) is 48.5 Å². The summed E-state index contributed by atoms with van der Waals surface area (Å²) in [5.41, 5.74) is 0.0604. The summed E-state index contributed by atoms with van der Waals surface area (Å²) in [6.07, 6.45) is 1.53. The van der Waals surface area contributed by atoms with E-state index in [1.54, 1.807) is 34.1 Å². The molecule has 0 spiro atoms. The van der Waals surface area contributed by atoms with Crippen LogP contribution in [0.1, 0.15) is 29.6 Å². The minimum Gasteiger partial charge on any atom is -0.494 e. The van der Waals surface area contributed by atoms with Gasteiger partial charge in [0.05, 0.1) is 12.2 Å². The van der Waals surface area contributed by atoms with Crippen LogP contribution in [-0.4, -0.2) is 54.4 Å². The van der Waals surface area contributed by atoms with Crippen LogP contribution >= 0.6 is 0 Å². The van der Waals surface area contributed by atoms with Crippen LogP contribution in [-0.2, 0) is 4.79 Å². The zero-order chi connectivity index (χ0) is 20.6. The number of amides is 2. The Morgan fingerprint density at radius 1 is 0.897 bits per heavy atom. The van der Waals surface area contributed by atoms with E-state index in [1.165, 1.54) is 24.3 Å². The van der Waals surface area contributed by atoms with E-state index in [1.807, 2.05) is 0 Å². The standard InChI is InChI=1S/C22H24F2N2O3/c23-17-8-10-18(11-9-17)29-16-3-7-21(27)25-12-4-13-26(15-14-25)22(28)19-5-1-2-6-20(19)24/h1-2,5-6,8-11H,3-4,7,12-16H2. The van der Waals surface area contributed by atoms with Crippen LogP contribution in [0.2, 0.25) is 0 Å². The zero-order valence-corrected chi connectivity index (χ0v) is 16.2. The largest absolute Gasteiger partial charge is 0.494 e. The zero-order valence-electron chi connectivity index (χ0n) is 16.2. The van der Waals surface area contributed by atoms with Crippen molar-refractivity contribution < 1.29 is 23.1 Å². The maximum atomic E-state index is 13.9. The highest BCUT2D eigenvalue weighted by molar-refractivity contribution is 5.94. The van der Waals surface area contributed by atoms with Crippen molar-refractivity contribution in [3.8, 4) is 5.75 Å². The first-order valence-electron chi connectivity index (χ1n) is 9.74. The molecule has 1 aliphatic heterocycles. The van der Waals surface area contributed by atoms with Gasteiger partial charge in [-0.1, -0.05) is 12.1 Å². The maximum Gasteiger partial charge on any atom is 0.256 e. The lowest BCUT2D eigenvalue weighted by molar-refractivity contribution is -0.131. The van der Waals surface area contributed by atoms with E-state index in [0.29, 0.717) is 57.8 Å². The van der Waals surface area contributed by atoms with Gasteiger partial charge in [-0.15, -0.1) is 0 Å². The lowest BCUT2D eigenvalue weighted by Crippen LogP contribution is -2.37. The van der Waals surface area contributed by atoms with Gasteiger partial charge in [-0.2, -0.15) is 0 Å². The van der Waals surface area contributed by atoms with Crippen molar-refractivity contribution in [2.24, 2.45) is 0 Å². The predicted octanol–water partition coefficient (Wildman–Crippen LogP) is 3.50. The fourth-order valence-corrected chi connectivity index (χ4v) is 3.28. The highest BCUT2D eigenvalue weighted by Gasteiger charge is 2.24. The Kier molecular flexibility index (Phi) is 7.16. The highest BCUT2D eigenvalue weighted by atomic mass is 19.1. The van der Waals surface area contributed by atoms with E-state index < -0.39 is 5.82 Å². The minimum absolute atomic E-state index is 0.00731. The normalized spacial score (nSPS) is 14.4. The van der Waals surface area contributed by atoms with Crippen molar-refractivity contribution in [3.63, 3.8) is 0 Å². The van der Waals surface area contributed by atoms with Crippen molar-refractivity contribution in [1.82, 2.24) is 9.80 Å². The molecule has 1 heterocycles. The molecule has 2 amide bonds. The van der Waals surface area contributed by atoms with Gasteiger partial charge in [-0.25, -0.2) is 8.78 Å². The summed E-state index contributed by atoms with van der Waals surface area (Å²) in [4.78, 5) is 28.4. The van der Waals surface area contributed by atoms with Crippen LogP contribution in [0.3, 0.4) is 0 Å². The first-order valence-corrected chi connectivity index (χ1v) is 9.74. The molecule has 3 rings (SSSR count). The molecule has 1 saturated heterocycles. The highest BCUT2D eigenvalue weighted by Crippen LogP contribution is 2.14. The molecule has 0 radical (unpaired) electrons. The van der Waals surface area contributed by atoms with E-state index in [0.717, 1.165) is 0 Å². The number of hydrogen-bond acceptors (Lipinski definition) is 3. The van der Waals surface area contributed by atoms with Crippen LogP contribution in [0.4, 0.5) is 8.78 Å². The van der Waals surface area contributed by atoms with E-state index in [-0.39, 0.29) is 23.2 Å². The molecule has 0 aromatic heterocycles. The third-order valence-electron chi connectivity index (χ3n) is 4.86. The number of rotatable bonds is 6. The second-order valence-corrected chi connectivity index (χ2v) is 6.91. The first kappa shape index (κ1) is 20.8. The van der Waals surface area contributed by atoms with E-state index >= 15 is 0 Å². The van der Waals surface area contributed by atoms with Crippen molar-refractivity contribution in [3.05, 3.63) is 65.7 Å². The molecule has 0 N–H and O–H groups in total. The summed E-state index contributed by atoms with van der Waals surface area (Å²) in [5, 5.41) is 0. The van der Waals surface area contributed by atoms with E-state index in [9.17, 15) is 18.4 Å².